The lowest BCUT2D eigenvalue weighted by atomic mass is 10.3. The van der Waals surface area contributed by atoms with Gasteiger partial charge in [-0.3, -0.25) is 0 Å². The largest absolute Gasteiger partial charge is 0.508 e. The van der Waals surface area contributed by atoms with Gasteiger partial charge in [0.25, 0.3) is 0 Å². The van der Waals surface area contributed by atoms with Gasteiger partial charge >= 0.3 is 0 Å². The molecule has 0 spiro atoms. The fourth-order valence-corrected chi connectivity index (χ4v) is 1.34. The molecule has 0 aliphatic heterocycles. The molecule has 0 saturated carbocycles. The molecular weight excluding hydrogens is 223 g/mol. The minimum Gasteiger partial charge on any atom is -0.508 e. The summed E-state index contributed by atoms with van der Waals surface area (Å²) in [6, 6.07) is 10.3. The smallest absolute Gasteiger partial charge is 0.166 e. The van der Waals surface area contributed by atoms with Gasteiger partial charge in [-0.1, -0.05) is 0 Å². The summed E-state index contributed by atoms with van der Waals surface area (Å²) in [4.78, 5) is 0. The maximum absolute atomic E-state index is 13.3. The van der Waals surface area contributed by atoms with Crippen molar-refractivity contribution in [2.24, 2.45) is 0 Å². The standard InChI is InChI=1S/C13H11FO3/c1-16-10-3-5-11(6-4-10)17-13-8-9(15)2-7-12(13)14/h2-8,15H,1H3. The van der Waals surface area contributed by atoms with Crippen molar-refractivity contribution in [3.63, 3.8) is 0 Å². The summed E-state index contributed by atoms with van der Waals surface area (Å²) in [5, 5.41) is 9.23. The van der Waals surface area contributed by atoms with Crippen LogP contribution in [0.2, 0.25) is 0 Å². The fourth-order valence-electron chi connectivity index (χ4n) is 1.34. The zero-order valence-electron chi connectivity index (χ0n) is 9.18. The molecule has 0 amide bonds. The highest BCUT2D eigenvalue weighted by Gasteiger charge is 2.05. The van der Waals surface area contributed by atoms with Gasteiger partial charge < -0.3 is 14.6 Å². The van der Waals surface area contributed by atoms with Crippen LogP contribution in [0.25, 0.3) is 0 Å². The molecule has 0 bridgehead atoms. The second kappa shape index (κ2) is 4.74. The molecule has 0 aliphatic carbocycles. The van der Waals surface area contributed by atoms with E-state index < -0.39 is 5.82 Å². The summed E-state index contributed by atoms with van der Waals surface area (Å²) in [7, 11) is 1.56. The molecule has 0 unspecified atom stereocenters. The van der Waals surface area contributed by atoms with Gasteiger partial charge in [0.1, 0.15) is 17.2 Å². The Morgan fingerprint density at radius 2 is 1.65 bits per heavy atom. The molecule has 0 saturated heterocycles. The van der Waals surface area contributed by atoms with Crippen LogP contribution < -0.4 is 9.47 Å². The van der Waals surface area contributed by atoms with Gasteiger partial charge in [0.15, 0.2) is 11.6 Å². The number of halogens is 1. The lowest BCUT2D eigenvalue weighted by molar-refractivity contribution is 0.409. The molecule has 17 heavy (non-hydrogen) atoms. The lowest BCUT2D eigenvalue weighted by Gasteiger charge is -2.07. The topological polar surface area (TPSA) is 38.7 Å². The van der Waals surface area contributed by atoms with Gasteiger partial charge in [0, 0.05) is 6.07 Å². The van der Waals surface area contributed by atoms with Crippen LogP contribution in [0.3, 0.4) is 0 Å². The van der Waals surface area contributed by atoms with E-state index in [-0.39, 0.29) is 11.5 Å². The summed E-state index contributed by atoms with van der Waals surface area (Å²) in [6.45, 7) is 0. The van der Waals surface area contributed by atoms with E-state index in [4.69, 9.17) is 9.47 Å². The van der Waals surface area contributed by atoms with Crippen LogP contribution in [0, 0.1) is 5.82 Å². The minimum atomic E-state index is -0.529. The first-order chi connectivity index (χ1) is 8.19. The van der Waals surface area contributed by atoms with Crippen LogP contribution >= 0.6 is 0 Å². The number of hydrogen-bond acceptors (Lipinski definition) is 3. The molecule has 88 valence electrons. The molecule has 0 radical (unpaired) electrons. The molecule has 0 aliphatic rings. The number of methoxy groups -OCH3 is 1. The SMILES string of the molecule is COc1ccc(Oc2cc(O)ccc2F)cc1. The fraction of sp³-hybridized carbons (Fsp3) is 0.0769. The van der Waals surface area contributed by atoms with Crippen LogP contribution in [-0.4, -0.2) is 12.2 Å². The average Bonchev–Trinajstić information content (AvgIpc) is 2.35. The number of benzene rings is 2. The maximum atomic E-state index is 13.3. The monoisotopic (exact) mass is 234 g/mol. The Bertz CT molecular complexity index is 509. The van der Waals surface area contributed by atoms with E-state index in [0.717, 1.165) is 6.07 Å². The van der Waals surface area contributed by atoms with Crippen LogP contribution in [0.15, 0.2) is 42.5 Å². The number of hydrogen-bond donors (Lipinski definition) is 1. The maximum Gasteiger partial charge on any atom is 0.166 e. The normalized spacial score (nSPS) is 10.0. The van der Waals surface area contributed by atoms with E-state index in [1.807, 2.05) is 0 Å². The Labute approximate surface area is 98.0 Å². The number of phenolic OH excluding ortho intramolecular Hbond substituents is 1. The number of ether oxygens (including phenoxy) is 2. The van der Waals surface area contributed by atoms with Crippen molar-refractivity contribution in [3.8, 4) is 23.0 Å². The van der Waals surface area contributed by atoms with Crippen molar-refractivity contribution in [3.05, 3.63) is 48.3 Å². The molecule has 2 aromatic rings. The van der Waals surface area contributed by atoms with Gasteiger partial charge in [-0.05, 0) is 36.4 Å². The van der Waals surface area contributed by atoms with E-state index in [2.05, 4.69) is 0 Å². The van der Waals surface area contributed by atoms with Gasteiger partial charge in [0.05, 0.1) is 7.11 Å². The third-order valence-corrected chi connectivity index (χ3v) is 2.20. The molecule has 2 rings (SSSR count). The van der Waals surface area contributed by atoms with Crippen molar-refractivity contribution in [2.45, 2.75) is 0 Å². The molecule has 0 aromatic heterocycles. The van der Waals surface area contributed by atoms with Gasteiger partial charge in [-0.15, -0.1) is 0 Å². The number of rotatable bonds is 3. The first-order valence-corrected chi connectivity index (χ1v) is 4.99. The summed E-state index contributed by atoms with van der Waals surface area (Å²) >= 11 is 0. The second-order valence-electron chi connectivity index (χ2n) is 3.39. The Morgan fingerprint density at radius 1 is 1.00 bits per heavy atom. The molecule has 3 nitrogen and oxygen atoms in total. The van der Waals surface area contributed by atoms with E-state index >= 15 is 0 Å². The van der Waals surface area contributed by atoms with Crippen molar-refractivity contribution in [1.29, 1.82) is 0 Å². The lowest BCUT2D eigenvalue weighted by Crippen LogP contribution is -1.88. The summed E-state index contributed by atoms with van der Waals surface area (Å²) < 4.78 is 23.6. The van der Waals surface area contributed by atoms with Crippen LogP contribution in [0.5, 0.6) is 23.0 Å². The zero-order valence-corrected chi connectivity index (χ0v) is 9.18. The van der Waals surface area contributed by atoms with Crippen molar-refractivity contribution in [1.82, 2.24) is 0 Å². The van der Waals surface area contributed by atoms with Crippen LogP contribution in [-0.2, 0) is 0 Å². The number of aromatic hydroxyl groups is 1. The van der Waals surface area contributed by atoms with Crippen LogP contribution in [0.1, 0.15) is 0 Å². The zero-order chi connectivity index (χ0) is 12.3. The number of phenols is 1. The first kappa shape index (κ1) is 11.3. The van der Waals surface area contributed by atoms with Gasteiger partial charge in [-0.25, -0.2) is 4.39 Å². The highest BCUT2D eigenvalue weighted by Crippen LogP contribution is 2.28. The molecule has 2 aromatic carbocycles. The minimum absolute atomic E-state index is 0.0184. The third kappa shape index (κ3) is 2.66. The Balaban J connectivity index is 2.22. The highest BCUT2D eigenvalue weighted by atomic mass is 19.1. The Hall–Kier alpha value is -2.23. The Kier molecular flexibility index (Phi) is 3.14. The molecule has 0 heterocycles. The molecule has 0 atom stereocenters. The van der Waals surface area contributed by atoms with Crippen molar-refractivity contribution >= 4 is 0 Å². The molecule has 4 heteroatoms. The highest BCUT2D eigenvalue weighted by molar-refractivity contribution is 5.39. The molecular formula is C13H11FO3. The third-order valence-electron chi connectivity index (χ3n) is 2.20. The predicted octanol–water partition coefficient (Wildman–Crippen LogP) is 3.33. The van der Waals surface area contributed by atoms with E-state index in [0.29, 0.717) is 11.5 Å². The summed E-state index contributed by atoms with van der Waals surface area (Å²) in [5.41, 5.74) is 0. The van der Waals surface area contributed by atoms with Crippen LogP contribution in [0.4, 0.5) is 4.39 Å². The Morgan fingerprint density at radius 3 is 2.29 bits per heavy atom. The van der Waals surface area contributed by atoms with E-state index in [1.165, 1.54) is 12.1 Å². The van der Waals surface area contributed by atoms with Gasteiger partial charge in [0.2, 0.25) is 0 Å². The molecule has 0 fully saturated rings. The predicted molar refractivity (Wildman–Crippen MR) is 61.1 cm³/mol. The average molecular weight is 234 g/mol. The molecule has 1 N–H and O–H groups in total. The summed E-state index contributed by atoms with van der Waals surface area (Å²) in [6.07, 6.45) is 0. The van der Waals surface area contributed by atoms with Gasteiger partial charge in [-0.2, -0.15) is 0 Å². The quantitative estimate of drug-likeness (QED) is 0.885. The van der Waals surface area contributed by atoms with E-state index in [1.54, 1.807) is 31.4 Å². The summed E-state index contributed by atoms with van der Waals surface area (Å²) in [5.74, 6) is 0.563. The van der Waals surface area contributed by atoms with E-state index in [9.17, 15) is 9.50 Å². The van der Waals surface area contributed by atoms with Crippen molar-refractivity contribution in [2.75, 3.05) is 7.11 Å². The second-order valence-corrected chi connectivity index (χ2v) is 3.39. The first-order valence-electron chi connectivity index (χ1n) is 4.99. The van der Waals surface area contributed by atoms with Crippen molar-refractivity contribution < 1.29 is 19.0 Å².